The van der Waals surface area contributed by atoms with Crippen molar-refractivity contribution in [3.05, 3.63) is 52.5 Å². The number of hydrogen-bond acceptors (Lipinski definition) is 6. The molecule has 0 amide bonds. The smallest absolute Gasteiger partial charge is 0.214 e. The number of ether oxygens (including phenoxy) is 1. The van der Waals surface area contributed by atoms with E-state index in [2.05, 4.69) is 31.5 Å². The van der Waals surface area contributed by atoms with E-state index in [-0.39, 0.29) is 5.75 Å². The van der Waals surface area contributed by atoms with Crippen LogP contribution < -0.4 is 4.74 Å². The maximum absolute atomic E-state index is 9.36. The van der Waals surface area contributed by atoms with E-state index in [9.17, 15) is 5.11 Å². The van der Waals surface area contributed by atoms with Gasteiger partial charge in [-0.05, 0) is 68.3 Å². The summed E-state index contributed by atoms with van der Waals surface area (Å²) < 4.78 is 7.78. The SMILES string of the molecule is COc1ccc(CSc2nnnn2-c2ccc(O)cc2)cc1Br. The van der Waals surface area contributed by atoms with Crippen LogP contribution in [0.3, 0.4) is 0 Å². The van der Waals surface area contributed by atoms with E-state index in [1.165, 1.54) is 11.8 Å². The van der Waals surface area contributed by atoms with Crippen LogP contribution in [0.4, 0.5) is 0 Å². The van der Waals surface area contributed by atoms with Crippen molar-refractivity contribution < 1.29 is 9.84 Å². The number of benzene rings is 2. The van der Waals surface area contributed by atoms with Gasteiger partial charge in [-0.25, -0.2) is 0 Å². The number of thioether (sulfide) groups is 1. The highest BCUT2D eigenvalue weighted by atomic mass is 79.9. The molecule has 0 bridgehead atoms. The average molecular weight is 393 g/mol. The van der Waals surface area contributed by atoms with E-state index in [1.54, 1.807) is 36.1 Å². The number of methoxy groups -OCH3 is 1. The van der Waals surface area contributed by atoms with Crippen LogP contribution in [0.1, 0.15) is 5.56 Å². The maximum Gasteiger partial charge on any atom is 0.214 e. The normalized spacial score (nSPS) is 10.7. The first-order valence-corrected chi connectivity index (χ1v) is 8.48. The van der Waals surface area contributed by atoms with Gasteiger partial charge in [0.05, 0.1) is 17.3 Å². The number of hydrogen-bond donors (Lipinski definition) is 1. The number of phenolic OH excluding ortho intramolecular Hbond substituents is 1. The molecule has 23 heavy (non-hydrogen) atoms. The molecule has 1 N–H and O–H groups in total. The Balaban J connectivity index is 1.76. The van der Waals surface area contributed by atoms with Crippen LogP contribution in [0.5, 0.6) is 11.5 Å². The van der Waals surface area contributed by atoms with Crippen LogP contribution >= 0.6 is 27.7 Å². The highest BCUT2D eigenvalue weighted by Gasteiger charge is 2.10. The van der Waals surface area contributed by atoms with E-state index in [4.69, 9.17) is 4.74 Å². The van der Waals surface area contributed by atoms with Gasteiger partial charge in [-0.1, -0.05) is 17.8 Å². The van der Waals surface area contributed by atoms with Crippen LogP contribution in [-0.4, -0.2) is 32.4 Å². The lowest BCUT2D eigenvalue weighted by Gasteiger charge is -2.07. The van der Waals surface area contributed by atoms with Gasteiger partial charge in [-0.3, -0.25) is 0 Å². The van der Waals surface area contributed by atoms with Gasteiger partial charge in [0.1, 0.15) is 11.5 Å². The fraction of sp³-hybridized carbons (Fsp3) is 0.133. The van der Waals surface area contributed by atoms with Crippen LogP contribution in [0.15, 0.2) is 52.1 Å². The van der Waals surface area contributed by atoms with Crippen molar-refractivity contribution in [1.29, 1.82) is 0 Å². The fourth-order valence-electron chi connectivity index (χ4n) is 1.97. The number of nitrogens with zero attached hydrogens (tertiary/aromatic N) is 4. The molecule has 0 aliphatic carbocycles. The molecule has 3 rings (SSSR count). The first-order valence-electron chi connectivity index (χ1n) is 6.70. The standard InChI is InChI=1S/C15H13BrN4O2S/c1-22-14-7-2-10(8-13(14)16)9-23-15-17-18-19-20(15)11-3-5-12(21)6-4-11/h2-8,21H,9H2,1H3. The highest BCUT2D eigenvalue weighted by molar-refractivity contribution is 9.10. The van der Waals surface area contributed by atoms with Crippen LogP contribution in [-0.2, 0) is 5.75 Å². The number of halogens is 1. The number of aromatic hydroxyl groups is 1. The van der Waals surface area contributed by atoms with Gasteiger partial charge in [0.2, 0.25) is 5.16 Å². The Bertz CT molecular complexity index is 807. The zero-order chi connectivity index (χ0) is 16.2. The van der Waals surface area contributed by atoms with Gasteiger partial charge in [0.15, 0.2) is 0 Å². The summed E-state index contributed by atoms with van der Waals surface area (Å²) in [7, 11) is 1.64. The molecule has 8 heteroatoms. The summed E-state index contributed by atoms with van der Waals surface area (Å²) in [5.41, 5.74) is 1.93. The van der Waals surface area contributed by atoms with Gasteiger partial charge in [-0.2, -0.15) is 4.68 Å². The minimum atomic E-state index is 0.208. The predicted molar refractivity (Wildman–Crippen MR) is 91.1 cm³/mol. The molecule has 0 fully saturated rings. The summed E-state index contributed by atoms with van der Waals surface area (Å²) in [6.07, 6.45) is 0. The molecule has 6 nitrogen and oxygen atoms in total. The Morgan fingerprint density at radius 3 is 2.70 bits per heavy atom. The molecule has 0 atom stereocenters. The predicted octanol–water partition coefficient (Wildman–Crippen LogP) is 3.43. The molecular weight excluding hydrogens is 380 g/mol. The molecule has 2 aromatic carbocycles. The van der Waals surface area contributed by atoms with E-state index >= 15 is 0 Å². The second-order valence-electron chi connectivity index (χ2n) is 4.65. The summed E-state index contributed by atoms with van der Waals surface area (Å²) in [6.45, 7) is 0. The third-order valence-corrected chi connectivity index (χ3v) is 4.73. The Kier molecular flexibility index (Phi) is 4.82. The zero-order valence-corrected chi connectivity index (χ0v) is 14.6. The summed E-state index contributed by atoms with van der Waals surface area (Å²) in [6, 6.07) is 12.7. The second-order valence-corrected chi connectivity index (χ2v) is 6.44. The van der Waals surface area contributed by atoms with Gasteiger partial charge in [0.25, 0.3) is 0 Å². The van der Waals surface area contributed by atoms with Crippen LogP contribution in [0.25, 0.3) is 5.69 Å². The average Bonchev–Trinajstić information content (AvgIpc) is 3.02. The molecule has 1 aromatic heterocycles. The lowest BCUT2D eigenvalue weighted by molar-refractivity contribution is 0.412. The molecule has 0 radical (unpaired) electrons. The van der Waals surface area contributed by atoms with Crippen molar-refractivity contribution in [2.45, 2.75) is 10.9 Å². The molecule has 3 aromatic rings. The van der Waals surface area contributed by atoms with Crippen molar-refractivity contribution in [2.75, 3.05) is 7.11 Å². The van der Waals surface area contributed by atoms with Crippen LogP contribution in [0.2, 0.25) is 0 Å². The number of phenols is 1. The van der Waals surface area contributed by atoms with Crippen LogP contribution in [0, 0.1) is 0 Å². The van der Waals surface area contributed by atoms with E-state index in [0.29, 0.717) is 5.16 Å². The summed E-state index contributed by atoms with van der Waals surface area (Å²) in [5, 5.41) is 21.8. The largest absolute Gasteiger partial charge is 0.508 e. The van der Waals surface area contributed by atoms with Gasteiger partial charge in [-0.15, -0.1) is 5.10 Å². The summed E-state index contributed by atoms with van der Waals surface area (Å²) in [4.78, 5) is 0. The number of tetrazole rings is 1. The molecule has 1 heterocycles. The van der Waals surface area contributed by atoms with E-state index in [1.807, 2.05) is 18.2 Å². The van der Waals surface area contributed by atoms with E-state index in [0.717, 1.165) is 27.2 Å². The van der Waals surface area contributed by atoms with Crippen molar-refractivity contribution >= 4 is 27.7 Å². The topological polar surface area (TPSA) is 73.1 Å². The Labute approximate surface area is 145 Å². The number of rotatable bonds is 5. The molecule has 0 saturated heterocycles. The molecule has 0 unspecified atom stereocenters. The van der Waals surface area contributed by atoms with Crippen molar-refractivity contribution in [2.24, 2.45) is 0 Å². The number of aromatic nitrogens is 4. The summed E-state index contributed by atoms with van der Waals surface area (Å²) >= 11 is 5.01. The zero-order valence-electron chi connectivity index (χ0n) is 12.2. The second kappa shape index (κ2) is 7.01. The third-order valence-electron chi connectivity index (χ3n) is 3.12. The molecule has 118 valence electrons. The fourth-order valence-corrected chi connectivity index (χ4v) is 3.39. The lowest BCUT2D eigenvalue weighted by Crippen LogP contribution is -1.98. The highest BCUT2D eigenvalue weighted by Crippen LogP contribution is 2.29. The Hall–Kier alpha value is -2.06. The third kappa shape index (κ3) is 3.65. The van der Waals surface area contributed by atoms with Gasteiger partial charge < -0.3 is 9.84 Å². The van der Waals surface area contributed by atoms with E-state index < -0.39 is 0 Å². The molecule has 0 aliphatic rings. The first kappa shape index (κ1) is 15.8. The Morgan fingerprint density at radius 2 is 2.00 bits per heavy atom. The molecule has 0 spiro atoms. The minimum Gasteiger partial charge on any atom is -0.508 e. The lowest BCUT2D eigenvalue weighted by atomic mass is 10.2. The van der Waals surface area contributed by atoms with Gasteiger partial charge >= 0.3 is 0 Å². The molecular formula is C15H13BrN4O2S. The minimum absolute atomic E-state index is 0.208. The molecule has 0 aliphatic heterocycles. The first-order chi connectivity index (χ1) is 11.2. The monoisotopic (exact) mass is 392 g/mol. The quantitative estimate of drug-likeness (QED) is 0.670. The maximum atomic E-state index is 9.36. The van der Waals surface area contributed by atoms with Gasteiger partial charge in [0, 0.05) is 5.75 Å². The van der Waals surface area contributed by atoms with Crippen molar-refractivity contribution in [3.63, 3.8) is 0 Å². The molecule has 0 saturated carbocycles. The summed E-state index contributed by atoms with van der Waals surface area (Å²) in [5.74, 6) is 1.73. The Morgan fingerprint density at radius 1 is 1.22 bits per heavy atom. The van der Waals surface area contributed by atoms with Crippen molar-refractivity contribution in [1.82, 2.24) is 20.2 Å². The van der Waals surface area contributed by atoms with Crippen molar-refractivity contribution in [3.8, 4) is 17.2 Å².